The van der Waals surface area contributed by atoms with E-state index in [0.717, 1.165) is 10.0 Å². The largest absolute Gasteiger partial charge is 0.490 e. The van der Waals surface area contributed by atoms with E-state index in [1.807, 2.05) is 32.9 Å². The number of carbonyl (C=O) groups excluding carboxylic acids is 1. The highest BCUT2D eigenvalue weighted by Crippen LogP contribution is 2.34. The summed E-state index contributed by atoms with van der Waals surface area (Å²) in [6.07, 6.45) is 3.71. The summed E-state index contributed by atoms with van der Waals surface area (Å²) in [5, 5.41) is 7.65. The van der Waals surface area contributed by atoms with E-state index in [-0.39, 0.29) is 18.1 Å². The van der Waals surface area contributed by atoms with Gasteiger partial charge in [0.05, 0.1) is 23.7 Å². The van der Waals surface area contributed by atoms with Gasteiger partial charge < -0.3 is 14.8 Å². The monoisotopic (exact) mass is 620 g/mol. The van der Waals surface area contributed by atoms with E-state index in [1.54, 1.807) is 30.5 Å². The molecule has 3 aromatic carbocycles. The molecule has 4 aromatic rings. The quantitative estimate of drug-likeness (QED) is 0.154. The third-order valence-electron chi connectivity index (χ3n) is 5.97. The van der Waals surface area contributed by atoms with Crippen LogP contribution in [0, 0.1) is 5.82 Å². The van der Waals surface area contributed by atoms with Crippen molar-refractivity contribution in [2.75, 3.05) is 18.5 Å². The van der Waals surface area contributed by atoms with Gasteiger partial charge in [-0.3, -0.25) is 9.59 Å². The number of benzene rings is 3. The molecule has 1 N–H and O–H groups in total. The fraction of sp³-hybridized carbons (Fsp3) is 0.226. The van der Waals surface area contributed by atoms with Crippen LogP contribution in [0.2, 0.25) is 0 Å². The number of ether oxygens (including phenoxy) is 2. The zero-order chi connectivity index (χ0) is 29.5. The van der Waals surface area contributed by atoms with Crippen LogP contribution in [0.3, 0.4) is 0 Å². The normalized spacial score (nSPS) is 11.3. The van der Waals surface area contributed by atoms with Gasteiger partial charge in [0.1, 0.15) is 11.6 Å². The van der Waals surface area contributed by atoms with E-state index in [2.05, 4.69) is 37.9 Å². The predicted octanol–water partition coefficient (Wildman–Crippen LogP) is 6.45. The summed E-state index contributed by atoms with van der Waals surface area (Å²) in [6, 6.07) is 14.4. The minimum Gasteiger partial charge on any atom is -0.490 e. The van der Waals surface area contributed by atoms with Gasteiger partial charge in [-0.2, -0.15) is 9.78 Å². The topological polar surface area (TPSA) is 94.8 Å². The molecule has 0 aliphatic heterocycles. The van der Waals surface area contributed by atoms with Crippen LogP contribution in [-0.4, -0.2) is 35.0 Å². The molecule has 0 atom stereocenters. The standard InChI is InChI=1S/C31H30BrFN4O4/c1-5-7-21-14-20(17-34-37-30(19(3)4)36-26-13-8-22(32)16-25(26)31(37)39)15-27(40-6-2)29(21)41-18-28(38)35-24-11-9-23(33)10-12-24/h5,8-17,19H,1,6-7,18H2,2-4H3,(H,35,38). The van der Waals surface area contributed by atoms with E-state index in [1.165, 1.54) is 28.9 Å². The van der Waals surface area contributed by atoms with Crippen molar-refractivity contribution in [2.45, 2.75) is 33.1 Å². The molecular weight excluding hydrogens is 591 g/mol. The fourth-order valence-electron chi connectivity index (χ4n) is 4.14. The van der Waals surface area contributed by atoms with Gasteiger partial charge >= 0.3 is 0 Å². The second-order valence-corrected chi connectivity index (χ2v) is 10.3. The number of allylic oxidation sites excluding steroid dienone is 1. The Morgan fingerprint density at radius 3 is 2.61 bits per heavy atom. The molecule has 1 heterocycles. The summed E-state index contributed by atoms with van der Waals surface area (Å²) in [7, 11) is 0. The van der Waals surface area contributed by atoms with E-state index >= 15 is 0 Å². The van der Waals surface area contributed by atoms with Crippen LogP contribution in [0.1, 0.15) is 43.6 Å². The second-order valence-electron chi connectivity index (χ2n) is 9.42. The Morgan fingerprint density at radius 2 is 1.93 bits per heavy atom. The Morgan fingerprint density at radius 1 is 1.17 bits per heavy atom. The van der Waals surface area contributed by atoms with Crippen LogP contribution in [-0.2, 0) is 11.2 Å². The van der Waals surface area contributed by atoms with Gasteiger partial charge in [0.25, 0.3) is 11.5 Å². The van der Waals surface area contributed by atoms with Gasteiger partial charge in [0.2, 0.25) is 0 Å². The maximum absolute atomic E-state index is 13.4. The van der Waals surface area contributed by atoms with Gasteiger partial charge in [0.15, 0.2) is 18.1 Å². The average Bonchev–Trinajstić information content (AvgIpc) is 2.93. The molecule has 10 heteroatoms. The molecule has 0 aliphatic rings. The lowest BCUT2D eigenvalue weighted by molar-refractivity contribution is -0.118. The van der Waals surface area contributed by atoms with E-state index < -0.39 is 11.7 Å². The zero-order valence-electron chi connectivity index (χ0n) is 23.0. The van der Waals surface area contributed by atoms with Gasteiger partial charge in [0, 0.05) is 21.6 Å². The molecule has 1 amide bonds. The fourth-order valence-corrected chi connectivity index (χ4v) is 4.50. The van der Waals surface area contributed by atoms with Crippen LogP contribution in [0.25, 0.3) is 10.9 Å². The number of halogens is 2. The van der Waals surface area contributed by atoms with Crippen molar-refractivity contribution in [1.29, 1.82) is 0 Å². The number of carbonyl (C=O) groups is 1. The Hall–Kier alpha value is -4.31. The van der Waals surface area contributed by atoms with Gasteiger partial charge in [-0.15, -0.1) is 6.58 Å². The first kappa shape index (κ1) is 29.7. The maximum Gasteiger partial charge on any atom is 0.282 e. The molecule has 0 unspecified atom stereocenters. The van der Waals surface area contributed by atoms with Crippen molar-refractivity contribution >= 4 is 44.6 Å². The molecule has 0 fully saturated rings. The minimum atomic E-state index is -0.412. The van der Waals surface area contributed by atoms with E-state index in [4.69, 9.17) is 9.47 Å². The van der Waals surface area contributed by atoms with Gasteiger partial charge in [-0.1, -0.05) is 35.9 Å². The van der Waals surface area contributed by atoms with Crippen LogP contribution < -0.4 is 20.3 Å². The lowest BCUT2D eigenvalue weighted by Crippen LogP contribution is -2.23. The lowest BCUT2D eigenvalue weighted by atomic mass is 10.1. The number of rotatable bonds is 11. The highest BCUT2D eigenvalue weighted by Gasteiger charge is 2.17. The molecule has 8 nitrogen and oxygen atoms in total. The number of anilines is 1. The van der Waals surface area contributed by atoms with Crippen molar-refractivity contribution in [1.82, 2.24) is 9.66 Å². The predicted molar refractivity (Wildman–Crippen MR) is 163 cm³/mol. The van der Waals surface area contributed by atoms with E-state index in [9.17, 15) is 14.0 Å². The van der Waals surface area contributed by atoms with Crippen molar-refractivity contribution in [3.63, 3.8) is 0 Å². The molecule has 0 radical (unpaired) electrons. The third kappa shape index (κ3) is 7.26. The molecule has 0 spiro atoms. The first-order valence-corrected chi connectivity index (χ1v) is 13.8. The summed E-state index contributed by atoms with van der Waals surface area (Å²) in [5.41, 5.74) is 2.16. The molecule has 4 rings (SSSR count). The number of hydrogen-bond acceptors (Lipinski definition) is 6. The molecule has 0 bridgehead atoms. The highest BCUT2D eigenvalue weighted by molar-refractivity contribution is 9.10. The summed E-state index contributed by atoms with van der Waals surface area (Å²) < 4.78 is 27.0. The van der Waals surface area contributed by atoms with Crippen molar-refractivity contribution in [3.05, 3.63) is 105 Å². The molecular formula is C31H30BrFN4O4. The smallest absolute Gasteiger partial charge is 0.282 e. The van der Waals surface area contributed by atoms with Crippen LogP contribution in [0.15, 0.2) is 81.6 Å². The Bertz CT molecular complexity index is 1670. The Balaban J connectivity index is 1.67. The number of nitrogens with one attached hydrogen (secondary N) is 1. The van der Waals surface area contributed by atoms with Crippen LogP contribution >= 0.6 is 15.9 Å². The molecule has 0 aliphatic carbocycles. The number of hydrogen-bond donors (Lipinski definition) is 1. The Kier molecular flexibility index (Phi) is 9.67. The first-order chi connectivity index (χ1) is 19.7. The summed E-state index contributed by atoms with van der Waals surface area (Å²) in [4.78, 5) is 30.6. The van der Waals surface area contributed by atoms with Crippen LogP contribution in [0.4, 0.5) is 10.1 Å². The molecule has 0 saturated carbocycles. The van der Waals surface area contributed by atoms with Gasteiger partial charge in [-0.25, -0.2) is 9.37 Å². The number of fused-ring (bicyclic) bond motifs is 1. The number of nitrogens with zero attached hydrogens (tertiary/aromatic N) is 3. The second kappa shape index (κ2) is 13.4. The van der Waals surface area contributed by atoms with Crippen molar-refractivity contribution in [2.24, 2.45) is 5.10 Å². The maximum atomic E-state index is 13.4. The first-order valence-electron chi connectivity index (χ1n) is 13.1. The lowest BCUT2D eigenvalue weighted by Gasteiger charge is -2.17. The summed E-state index contributed by atoms with van der Waals surface area (Å²) in [5.74, 6) is 0.485. The molecule has 1 aromatic heterocycles. The van der Waals surface area contributed by atoms with Crippen LogP contribution in [0.5, 0.6) is 11.5 Å². The highest BCUT2D eigenvalue weighted by atomic mass is 79.9. The van der Waals surface area contributed by atoms with E-state index in [0.29, 0.717) is 52.5 Å². The summed E-state index contributed by atoms with van der Waals surface area (Å²) in [6.45, 7) is 9.64. The Labute approximate surface area is 245 Å². The molecule has 0 saturated heterocycles. The zero-order valence-corrected chi connectivity index (χ0v) is 24.6. The SMILES string of the molecule is C=CCc1cc(C=Nn2c(C(C)C)nc3ccc(Br)cc3c2=O)cc(OCC)c1OCC(=O)Nc1ccc(F)cc1. The van der Waals surface area contributed by atoms with Crippen molar-refractivity contribution < 1.29 is 18.7 Å². The average molecular weight is 622 g/mol. The molecule has 212 valence electrons. The number of amides is 1. The summed E-state index contributed by atoms with van der Waals surface area (Å²) >= 11 is 3.42. The third-order valence-corrected chi connectivity index (χ3v) is 6.46. The van der Waals surface area contributed by atoms with Crippen molar-refractivity contribution in [3.8, 4) is 11.5 Å². The minimum absolute atomic E-state index is 0.0555. The number of aromatic nitrogens is 2. The molecule has 41 heavy (non-hydrogen) atoms. The van der Waals surface area contributed by atoms with Gasteiger partial charge in [-0.05, 0) is 73.5 Å².